The normalized spacial score (nSPS) is 35.4. The fourth-order valence-electron chi connectivity index (χ4n) is 2.59. The van der Waals surface area contributed by atoms with E-state index < -0.39 is 0 Å². The van der Waals surface area contributed by atoms with Gasteiger partial charge in [-0.25, -0.2) is 0 Å². The van der Waals surface area contributed by atoms with Gasteiger partial charge in [-0.3, -0.25) is 10.1 Å². The monoisotopic (exact) mass is 242 g/mol. The first-order chi connectivity index (χ1) is 7.52. The van der Waals surface area contributed by atoms with Gasteiger partial charge in [-0.1, -0.05) is 13.8 Å². The van der Waals surface area contributed by atoms with Crippen molar-refractivity contribution in [1.29, 1.82) is 0 Å². The summed E-state index contributed by atoms with van der Waals surface area (Å²) < 4.78 is 0.295. The lowest BCUT2D eigenvalue weighted by Gasteiger charge is -2.28. The predicted molar refractivity (Wildman–Crippen MR) is 68.4 cm³/mol. The van der Waals surface area contributed by atoms with E-state index in [4.69, 9.17) is 0 Å². The smallest absolute Gasteiger partial charge is 0.241 e. The maximum atomic E-state index is 12.1. The van der Waals surface area contributed by atoms with Crippen molar-refractivity contribution >= 4 is 17.7 Å². The van der Waals surface area contributed by atoms with Crippen LogP contribution in [0.25, 0.3) is 0 Å². The van der Waals surface area contributed by atoms with Gasteiger partial charge in [-0.15, -0.1) is 0 Å². The zero-order valence-electron chi connectivity index (χ0n) is 10.5. The maximum Gasteiger partial charge on any atom is 0.241 e. The number of hydrogen-bond acceptors (Lipinski definition) is 3. The number of carbonyl (C=O) groups is 1. The van der Waals surface area contributed by atoms with Gasteiger partial charge < -0.3 is 4.90 Å². The molecule has 2 fully saturated rings. The number of nitrogens with one attached hydrogen (secondary N) is 1. The molecule has 3 nitrogen and oxygen atoms in total. The van der Waals surface area contributed by atoms with Crippen molar-refractivity contribution in [3.63, 3.8) is 0 Å². The van der Waals surface area contributed by atoms with E-state index in [0.717, 1.165) is 13.2 Å². The number of carbonyl (C=O) groups excluding carboxylic acids is 1. The van der Waals surface area contributed by atoms with Gasteiger partial charge >= 0.3 is 0 Å². The molecule has 2 atom stereocenters. The fraction of sp³-hybridized carbons (Fsp3) is 0.917. The molecular weight excluding hydrogens is 220 g/mol. The van der Waals surface area contributed by atoms with Gasteiger partial charge in [0, 0.05) is 11.3 Å². The quantitative estimate of drug-likeness (QED) is 0.817. The van der Waals surface area contributed by atoms with E-state index in [-0.39, 0.29) is 6.04 Å². The largest absolute Gasteiger partial charge is 0.327 e. The minimum Gasteiger partial charge on any atom is -0.327 e. The Morgan fingerprint density at radius 2 is 2.38 bits per heavy atom. The molecule has 92 valence electrons. The van der Waals surface area contributed by atoms with E-state index in [0.29, 0.717) is 16.6 Å². The number of nitrogens with zero attached hydrogens (tertiary/aromatic N) is 1. The Morgan fingerprint density at radius 3 is 2.88 bits per heavy atom. The lowest BCUT2D eigenvalue weighted by atomic mass is 10.0. The third-order valence-corrected chi connectivity index (χ3v) is 5.10. The molecule has 2 aliphatic heterocycles. The van der Waals surface area contributed by atoms with Crippen LogP contribution in [-0.4, -0.2) is 40.6 Å². The summed E-state index contributed by atoms with van der Waals surface area (Å²) in [5, 5.41) is 3.31. The lowest BCUT2D eigenvalue weighted by Crippen LogP contribution is -2.40. The zero-order chi connectivity index (χ0) is 11.8. The Kier molecular flexibility index (Phi) is 3.50. The van der Waals surface area contributed by atoms with Gasteiger partial charge in [0.2, 0.25) is 5.91 Å². The molecule has 2 aliphatic rings. The average molecular weight is 242 g/mol. The van der Waals surface area contributed by atoms with E-state index in [9.17, 15) is 4.79 Å². The van der Waals surface area contributed by atoms with Crippen LogP contribution in [0, 0.1) is 5.92 Å². The first kappa shape index (κ1) is 12.2. The van der Waals surface area contributed by atoms with E-state index in [1.54, 1.807) is 0 Å². The summed E-state index contributed by atoms with van der Waals surface area (Å²) in [6, 6.07) is 0.0370. The summed E-state index contributed by atoms with van der Waals surface area (Å²) in [4.78, 5) is 14.1. The van der Waals surface area contributed by atoms with Crippen LogP contribution in [-0.2, 0) is 4.79 Å². The number of rotatable bonds is 3. The van der Waals surface area contributed by atoms with E-state index >= 15 is 0 Å². The van der Waals surface area contributed by atoms with E-state index in [1.807, 2.05) is 16.7 Å². The van der Waals surface area contributed by atoms with Crippen LogP contribution in [0.15, 0.2) is 0 Å². The van der Waals surface area contributed by atoms with Crippen molar-refractivity contribution in [2.24, 2.45) is 5.92 Å². The van der Waals surface area contributed by atoms with Crippen LogP contribution in [0.3, 0.4) is 0 Å². The SMILES string of the molecule is CC(C)C1NCN(CC2(C)CCCS2)C1=O. The number of hydrogen-bond donors (Lipinski definition) is 1. The molecule has 2 unspecified atom stereocenters. The van der Waals surface area contributed by atoms with Crippen LogP contribution in [0.5, 0.6) is 0 Å². The van der Waals surface area contributed by atoms with Gasteiger partial charge in [0.1, 0.15) is 0 Å². The van der Waals surface area contributed by atoms with Gasteiger partial charge in [-0.2, -0.15) is 11.8 Å². The summed E-state index contributed by atoms with van der Waals surface area (Å²) >= 11 is 2.02. The molecule has 2 rings (SSSR count). The molecule has 0 aromatic rings. The van der Waals surface area contributed by atoms with Crippen LogP contribution in [0.2, 0.25) is 0 Å². The molecule has 0 aliphatic carbocycles. The standard InChI is InChI=1S/C12H22N2OS/c1-9(2)10-11(15)14(8-13-10)7-12(3)5-4-6-16-12/h9-10,13H,4-8H2,1-3H3. The highest BCUT2D eigenvalue weighted by molar-refractivity contribution is 8.00. The third-order valence-electron chi connectivity index (χ3n) is 3.57. The molecule has 2 heterocycles. The second-order valence-corrected chi connectivity index (χ2v) is 7.20. The van der Waals surface area contributed by atoms with Gasteiger partial charge in [-0.05, 0) is 31.4 Å². The minimum absolute atomic E-state index is 0.0370. The van der Waals surface area contributed by atoms with Crippen molar-refractivity contribution in [1.82, 2.24) is 10.2 Å². The van der Waals surface area contributed by atoms with Crippen LogP contribution < -0.4 is 5.32 Å². The Labute approximate surface area is 102 Å². The Balaban J connectivity index is 1.94. The molecule has 2 saturated heterocycles. The summed E-state index contributed by atoms with van der Waals surface area (Å²) in [6.45, 7) is 8.14. The minimum atomic E-state index is 0.0370. The molecule has 0 aromatic carbocycles. The molecule has 1 amide bonds. The van der Waals surface area contributed by atoms with Crippen molar-refractivity contribution in [3.8, 4) is 0 Å². The molecule has 4 heteroatoms. The number of thioether (sulfide) groups is 1. The topological polar surface area (TPSA) is 32.3 Å². The molecular formula is C12H22N2OS. The second kappa shape index (κ2) is 4.57. The highest BCUT2D eigenvalue weighted by Gasteiger charge is 2.38. The molecule has 0 radical (unpaired) electrons. The Bertz CT molecular complexity index is 274. The molecule has 0 aromatic heterocycles. The van der Waals surface area contributed by atoms with E-state index in [1.165, 1.54) is 18.6 Å². The third kappa shape index (κ3) is 2.38. The van der Waals surface area contributed by atoms with Crippen molar-refractivity contribution < 1.29 is 4.79 Å². The summed E-state index contributed by atoms with van der Waals surface area (Å²) in [5.74, 6) is 1.93. The zero-order valence-corrected chi connectivity index (χ0v) is 11.3. The molecule has 1 N–H and O–H groups in total. The lowest BCUT2D eigenvalue weighted by molar-refractivity contribution is -0.129. The van der Waals surface area contributed by atoms with Crippen LogP contribution in [0.1, 0.15) is 33.6 Å². The first-order valence-corrected chi connectivity index (χ1v) is 7.16. The number of amides is 1. The fourth-order valence-corrected chi connectivity index (χ4v) is 3.91. The molecule has 0 spiro atoms. The van der Waals surface area contributed by atoms with Gasteiger partial charge in [0.15, 0.2) is 0 Å². The van der Waals surface area contributed by atoms with Crippen LogP contribution >= 0.6 is 11.8 Å². The van der Waals surface area contributed by atoms with Crippen molar-refractivity contribution in [3.05, 3.63) is 0 Å². The molecule has 0 bridgehead atoms. The van der Waals surface area contributed by atoms with E-state index in [2.05, 4.69) is 26.1 Å². The summed E-state index contributed by atoms with van der Waals surface area (Å²) in [7, 11) is 0. The van der Waals surface area contributed by atoms with Gasteiger partial charge in [0.05, 0.1) is 12.7 Å². The molecule has 0 saturated carbocycles. The van der Waals surface area contributed by atoms with Crippen molar-refractivity contribution in [2.75, 3.05) is 19.0 Å². The molecule has 16 heavy (non-hydrogen) atoms. The van der Waals surface area contributed by atoms with Gasteiger partial charge in [0.25, 0.3) is 0 Å². The maximum absolute atomic E-state index is 12.1. The first-order valence-electron chi connectivity index (χ1n) is 6.18. The Hall–Kier alpha value is -0.220. The summed E-state index contributed by atoms with van der Waals surface area (Å²) in [6.07, 6.45) is 2.54. The highest BCUT2D eigenvalue weighted by Crippen LogP contribution is 2.38. The summed E-state index contributed by atoms with van der Waals surface area (Å²) in [5.41, 5.74) is 0. The average Bonchev–Trinajstić information content (AvgIpc) is 2.76. The Morgan fingerprint density at radius 1 is 1.62 bits per heavy atom. The predicted octanol–water partition coefficient (Wildman–Crippen LogP) is 1.69. The second-order valence-electron chi connectivity index (χ2n) is 5.52. The highest BCUT2D eigenvalue weighted by atomic mass is 32.2. The van der Waals surface area contributed by atoms with Crippen molar-refractivity contribution in [2.45, 2.75) is 44.4 Å². The van der Waals surface area contributed by atoms with Crippen LogP contribution in [0.4, 0.5) is 0 Å².